The first-order chi connectivity index (χ1) is 17.3. The molecule has 0 radical (unpaired) electrons. The van der Waals surface area contributed by atoms with Crippen molar-refractivity contribution in [1.29, 1.82) is 0 Å². The average Bonchev–Trinajstić information content (AvgIpc) is 2.88. The number of benzene rings is 2. The van der Waals surface area contributed by atoms with Gasteiger partial charge in [0.1, 0.15) is 17.9 Å². The van der Waals surface area contributed by atoms with Crippen molar-refractivity contribution < 1.29 is 19.4 Å². The summed E-state index contributed by atoms with van der Waals surface area (Å²) in [5.41, 5.74) is 13.3. The predicted molar refractivity (Wildman–Crippen MR) is 139 cm³/mol. The molecule has 0 saturated carbocycles. The number of ether oxygens (including phenoxy) is 1. The Morgan fingerprint density at radius 3 is 2.33 bits per heavy atom. The number of piperidine rings is 1. The summed E-state index contributed by atoms with van der Waals surface area (Å²) < 4.78 is 5.44. The Morgan fingerprint density at radius 2 is 1.75 bits per heavy atom. The number of nitrogens with one attached hydrogen (secondary N) is 2. The van der Waals surface area contributed by atoms with Gasteiger partial charge in [0.25, 0.3) is 0 Å². The quantitative estimate of drug-likeness (QED) is 0.315. The standard InChI is InChI=1S/C27H37N5O4/c1-3-36-22-11-9-19(10-12-22)17-23(29)26(34)31-24(25(33)20-7-5-4-6-8-20)27(35)30-21-13-15-32(16-14-21)18(2)28/h4-12,21,23-25,33H,2-3,13-17,28-29H2,1H3,(H,30,35)(H,31,34)/t23-,24+,25-/m1/s1. The molecule has 1 fully saturated rings. The van der Waals surface area contributed by atoms with Crippen molar-refractivity contribution in [3.63, 3.8) is 0 Å². The molecule has 1 saturated heterocycles. The second kappa shape index (κ2) is 12.9. The second-order valence-electron chi connectivity index (χ2n) is 8.99. The first-order valence-corrected chi connectivity index (χ1v) is 12.3. The van der Waals surface area contributed by atoms with Crippen LogP contribution in [0.2, 0.25) is 0 Å². The van der Waals surface area contributed by atoms with E-state index in [-0.39, 0.29) is 12.5 Å². The highest BCUT2D eigenvalue weighted by Gasteiger charge is 2.33. The van der Waals surface area contributed by atoms with Crippen LogP contribution >= 0.6 is 0 Å². The highest BCUT2D eigenvalue weighted by atomic mass is 16.5. The monoisotopic (exact) mass is 495 g/mol. The van der Waals surface area contributed by atoms with Crippen molar-refractivity contribution in [2.24, 2.45) is 11.5 Å². The number of nitrogens with zero attached hydrogens (tertiary/aromatic N) is 1. The Morgan fingerprint density at radius 1 is 1.11 bits per heavy atom. The van der Waals surface area contributed by atoms with Gasteiger partial charge < -0.3 is 36.8 Å². The smallest absolute Gasteiger partial charge is 0.245 e. The van der Waals surface area contributed by atoms with Crippen LogP contribution in [0.5, 0.6) is 5.75 Å². The number of aliphatic hydroxyl groups excluding tert-OH is 1. The summed E-state index contributed by atoms with van der Waals surface area (Å²) >= 11 is 0. The summed E-state index contributed by atoms with van der Waals surface area (Å²) in [5, 5.41) is 16.7. The Labute approximate surface area is 212 Å². The maximum Gasteiger partial charge on any atom is 0.245 e. The minimum Gasteiger partial charge on any atom is -0.494 e. The fraction of sp³-hybridized carbons (Fsp3) is 0.407. The maximum absolute atomic E-state index is 13.3. The van der Waals surface area contributed by atoms with Crippen LogP contribution in [-0.2, 0) is 16.0 Å². The summed E-state index contributed by atoms with van der Waals surface area (Å²) in [6.45, 7) is 7.58. The number of likely N-dealkylation sites (tertiary alicyclic amines) is 1. The van der Waals surface area contributed by atoms with Crippen LogP contribution < -0.4 is 26.8 Å². The third-order valence-electron chi connectivity index (χ3n) is 6.31. The van der Waals surface area contributed by atoms with Gasteiger partial charge in [-0.15, -0.1) is 0 Å². The zero-order valence-corrected chi connectivity index (χ0v) is 20.7. The van der Waals surface area contributed by atoms with Crippen molar-refractivity contribution in [3.8, 4) is 5.75 Å². The molecule has 0 aromatic heterocycles. The van der Waals surface area contributed by atoms with Gasteiger partial charge in [0.15, 0.2) is 0 Å². The van der Waals surface area contributed by atoms with E-state index in [2.05, 4.69) is 17.2 Å². The van der Waals surface area contributed by atoms with Gasteiger partial charge in [-0.25, -0.2) is 0 Å². The lowest BCUT2D eigenvalue weighted by atomic mass is 9.98. The molecule has 3 atom stereocenters. The largest absolute Gasteiger partial charge is 0.494 e. The lowest BCUT2D eigenvalue weighted by Gasteiger charge is -2.34. The minimum atomic E-state index is -1.24. The van der Waals surface area contributed by atoms with Crippen molar-refractivity contribution in [2.75, 3.05) is 19.7 Å². The number of hydrogen-bond acceptors (Lipinski definition) is 7. The van der Waals surface area contributed by atoms with Crippen LogP contribution in [0.1, 0.15) is 37.0 Å². The van der Waals surface area contributed by atoms with Crippen LogP contribution in [0.25, 0.3) is 0 Å². The van der Waals surface area contributed by atoms with Crippen LogP contribution in [-0.4, -0.2) is 59.6 Å². The molecule has 0 aliphatic carbocycles. The van der Waals surface area contributed by atoms with Crippen molar-refractivity contribution >= 4 is 11.8 Å². The lowest BCUT2D eigenvalue weighted by Crippen LogP contribution is -2.57. The van der Waals surface area contributed by atoms with Crippen molar-refractivity contribution in [1.82, 2.24) is 15.5 Å². The highest BCUT2D eigenvalue weighted by Crippen LogP contribution is 2.19. The summed E-state index contributed by atoms with van der Waals surface area (Å²) in [6.07, 6.45) is 0.398. The van der Waals surface area contributed by atoms with Gasteiger partial charge in [-0.3, -0.25) is 9.59 Å². The van der Waals surface area contributed by atoms with Crippen molar-refractivity contribution in [3.05, 3.63) is 78.1 Å². The fourth-order valence-corrected chi connectivity index (χ4v) is 4.23. The van der Waals surface area contributed by atoms with Gasteiger partial charge in [-0.2, -0.15) is 0 Å². The number of amides is 2. The molecule has 194 valence electrons. The number of nitrogens with two attached hydrogens (primary N) is 2. The third kappa shape index (κ3) is 7.47. The Bertz CT molecular complexity index is 1010. The molecule has 1 heterocycles. The van der Waals surface area contributed by atoms with E-state index in [9.17, 15) is 14.7 Å². The molecule has 2 aromatic rings. The second-order valence-corrected chi connectivity index (χ2v) is 8.99. The lowest BCUT2D eigenvalue weighted by molar-refractivity contribution is -0.133. The summed E-state index contributed by atoms with van der Waals surface area (Å²) in [6, 6.07) is 13.9. The van der Waals surface area contributed by atoms with E-state index < -0.39 is 30.0 Å². The van der Waals surface area contributed by atoms with Gasteiger partial charge in [0.2, 0.25) is 11.8 Å². The SMILES string of the molecule is C=C(N)N1CCC(NC(=O)[C@@H](NC(=O)[C@H](N)Cc2ccc(OCC)cc2)[C@H](O)c2ccccc2)CC1. The molecular weight excluding hydrogens is 458 g/mol. The van der Waals surface area contributed by atoms with Gasteiger partial charge in [-0.1, -0.05) is 49.0 Å². The van der Waals surface area contributed by atoms with Crippen LogP contribution in [0.4, 0.5) is 0 Å². The number of aliphatic hydroxyl groups is 1. The van der Waals surface area contributed by atoms with Crippen LogP contribution in [0, 0.1) is 0 Å². The van der Waals surface area contributed by atoms with Gasteiger partial charge in [-0.05, 0) is 49.4 Å². The molecule has 0 bridgehead atoms. The van der Waals surface area contributed by atoms with Gasteiger partial charge >= 0.3 is 0 Å². The molecule has 2 amide bonds. The molecule has 2 aromatic carbocycles. The molecular formula is C27H37N5O4. The van der Waals surface area contributed by atoms with Gasteiger partial charge in [0.05, 0.1) is 18.5 Å². The van der Waals surface area contributed by atoms with E-state index in [1.807, 2.05) is 42.2 Å². The summed E-state index contributed by atoms with van der Waals surface area (Å²) in [7, 11) is 0. The Hall–Kier alpha value is -3.56. The highest BCUT2D eigenvalue weighted by molar-refractivity contribution is 5.90. The van der Waals surface area contributed by atoms with E-state index in [1.165, 1.54) is 0 Å². The fourth-order valence-electron chi connectivity index (χ4n) is 4.23. The normalized spacial score (nSPS) is 16.5. The van der Waals surface area contributed by atoms with Gasteiger partial charge in [0, 0.05) is 19.1 Å². The number of hydrogen-bond donors (Lipinski definition) is 5. The molecule has 36 heavy (non-hydrogen) atoms. The Balaban J connectivity index is 1.67. The number of carbonyl (C=O) groups excluding carboxylic acids is 2. The van der Waals surface area contributed by atoms with E-state index in [4.69, 9.17) is 16.2 Å². The summed E-state index contributed by atoms with van der Waals surface area (Å²) in [5.74, 6) is 0.265. The van der Waals surface area contributed by atoms with E-state index in [0.29, 0.717) is 43.9 Å². The zero-order chi connectivity index (χ0) is 26.1. The van der Waals surface area contributed by atoms with E-state index >= 15 is 0 Å². The molecule has 3 rings (SSSR count). The Kier molecular flexibility index (Phi) is 9.72. The predicted octanol–water partition coefficient (Wildman–Crippen LogP) is 1.18. The molecule has 1 aliphatic rings. The average molecular weight is 496 g/mol. The van der Waals surface area contributed by atoms with Crippen LogP contribution in [0.15, 0.2) is 67.0 Å². The van der Waals surface area contributed by atoms with Crippen molar-refractivity contribution in [2.45, 2.75) is 50.4 Å². The summed E-state index contributed by atoms with van der Waals surface area (Å²) in [4.78, 5) is 28.2. The minimum absolute atomic E-state index is 0.104. The number of carbonyl (C=O) groups is 2. The molecule has 0 unspecified atom stereocenters. The maximum atomic E-state index is 13.3. The first kappa shape index (κ1) is 27.0. The molecule has 9 heteroatoms. The molecule has 1 aliphatic heterocycles. The number of rotatable bonds is 11. The first-order valence-electron chi connectivity index (χ1n) is 12.3. The zero-order valence-electron chi connectivity index (χ0n) is 20.7. The van der Waals surface area contributed by atoms with E-state index in [1.54, 1.807) is 24.3 Å². The molecule has 0 spiro atoms. The molecule has 7 N–H and O–H groups in total. The van der Waals surface area contributed by atoms with E-state index in [0.717, 1.165) is 11.3 Å². The topological polar surface area (TPSA) is 143 Å². The third-order valence-corrected chi connectivity index (χ3v) is 6.31. The molecule has 9 nitrogen and oxygen atoms in total. The van der Waals surface area contributed by atoms with Crippen LogP contribution in [0.3, 0.4) is 0 Å².